The Morgan fingerprint density at radius 1 is 1.50 bits per heavy atom. The quantitative estimate of drug-likeness (QED) is 0.796. The van der Waals surface area contributed by atoms with Crippen molar-refractivity contribution in [3.8, 4) is 0 Å². The van der Waals surface area contributed by atoms with Gasteiger partial charge in [0.25, 0.3) is 0 Å². The molecule has 1 aliphatic heterocycles. The number of hydrogen-bond acceptors (Lipinski definition) is 3. The van der Waals surface area contributed by atoms with Crippen LogP contribution in [-0.4, -0.2) is 22.9 Å². The van der Waals surface area contributed by atoms with Gasteiger partial charge in [0.15, 0.2) is 0 Å². The summed E-state index contributed by atoms with van der Waals surface area (Å²) in [6.45, 7) is 8.38. The van der Waals surface area contributed by atoms with Gasteiger partial charge in [-0.1, -0.05) is 0 Å². The average molecular weight is 222 g/mol. The van der Waals surface area contributed by atoms with Crippen molar-refractivity contribution in [1.29, 1.82) is 0 Å². The first kappa shape index (κ1) is 11.6. The maximum atomic E-state index is 5.99. The van der Waals surface area contributed by atoms with E-state index in [1.54, 1.807) is 0 Å². The van der Waals surface area contributed by atoms with E-state index < -0.39 is 0 Å². The Morgan fingerprint density at radius 2 is 2.25 bits per heavy atom. The molecule has 0 amide bonds. The molecule has 4 nitrogen and oxygen atoms in total. The number of nitrogens with two attached hydrogens (primary N) is 1. The first-order chi connectivity index (χ1) is 7.61. The van der Waals surface area contributed by atoms with Gasteiger partial charge in [-0.15, -0.1) is 0 Å². The number of rotatable bonds is 2. The van der Waals surface area contributed by atoms with Gasteiger partial charge in [0.05, 0.1) is 11.7 Å². The van der Waals surface area contributed by atoms with Crippen molar-refractivity contribution >= 4 is 0 Å². The van der Waals surface area contributed by atoms with Crippen molar-refractivity contribution in [2.45, 2.75) is 45.7 Å². The lowest BCUT2D eigenvalue weighted by Crippen LogP contribution is -2.32. The lowest BCUT2D eigenvalue weighted by atomic mass is 10.1. The molecule has 2 heterocycles. The highest BCUT2D eigenvalue weighted by atomic mass is 15.3. The number of aromatic nitrogens is 2. The molecule has 0 spiro atoms. The number of aryl methyl sites for hydroxylation is 1. The van der Waals surface area contributed by atoms with E-state index in [9.17, 15) is 0 Å². The monoisotopic (exact) mass is 222 g/mol. The van der Waals surface area contributed by atoms with Crippen molar-refractivity contribution < 1.29 is 0 Å². The summed E-state index contributed by atoms with van der Waals surface area (Å²) in [4.78, 5) is 0. The second kappa shape index (κ2) is 4.55. The lowest BCUT2D eigenvalue weighted by molar-refractivity contribution is 0.340. The Bertz CT molecular complexity index is 361. The van der Waals surface area contributed by atoms with Gasteiger partial charge in [-0.2, -0.15) is 5.10 Å². The Morgan fingerprint density at radius 3 is 2.75 bits per heavy atom. The zero-order valence-electron chi connectivity index (χ0n) is 10.5. The number of hydrogen-bond donors (Lipinski definition) is 2. The highest BCUT2D eigenvalue weighted by Crippen LogP contribution is 2.25. The predicted molar refractivity (Wildman–Crippen MR) is 65.4 cm³/mol. The normalized spacial score (nSPS) is 23.4. The van der Waals surface area contributed by atoms with Crippen LogP contribution in [-0.2, 0) is 0 Å². The summed E-state index contributed by atoms with van der Waals surface area (Å²) in [6.07, 6.45) is 2.45. The Hall–Kier alpha value is -0.870. The third-order valence-electron chi connectivity index (χ3n) is 3.45. The van der Waals surface area contributed by atoms with E-state index in [4.69, 9.17) is 5.73 Å². The van der Waals surface area contributed by atoms with E-state index in [1.165, 1.54) is 24.1 Å². The molecule has 1 saturated heterocycles. The zero-order chi connectivity index (χ0) is 11.7. The molecule has 90 valence electrons. The summed E-state index contributed by atoms with van der Waals surface area (Å²) < 4.78 is 2.17. The van der Waals surface area contributed by atoms with Crippen LogP contribution in [0.4, 0.5) is 0 Å². The first-order valence-corrected chi connectivity index (χ1v) is 6.13. The molecule has 0 radical (unpaired) electrons. The Labute approximate surface area is 97.2 Å². The van der Waals surface area contributed by atoms with E-state index in [0.717, 1.165) is 18.8 Å². The predicted octanol–water partition coefficient (Wildman–Crippen LogP) is 1.44. The van der Waals surface area contributed by atoms with Crippen LogP contribution in [0, 0.1) is 13.8 Å². The summed E-state index contributed by atoms with van der Waals surface area (Å²) in [5.74, 6) is 0. The average Bonchev–Trinajstić information content (AvgIpc) is 2.55. The van der Waals surface area contributed by atoms with Gasteiger partial charge in [-0.3, -0.25) is 4.68 Å². The molecule has 3 N–H and O–H groups in total. The van der Waals surface area contributed by atoms with Crippen molar-refractivity contribution in [1.82, 2.24) is 15.1 Å². The molecule has 1 fully saturated rings. The molecule has 1 aromatic rings. The van der Waals surface area contributed by atoms with Crippen molar-refractivity contribution in [3.63, 3.8) is 0 Å². The third-order valence-corrected chi connectivity index (χ3v) is 3.45. The maximum Gasteiger partial charge on any atom is 0.0647 e. The largest absolute Gasteiger partial charge is 0.324 e. The number of nitrogens with zero attached hydrogens (tertiary/aromatic N) is 2. The van der Waals surface area contributed by atoms with Crippen LogP contribution in [0.15, 0.2) is 0 Å². The van der Waals surface area contributed by atoms with Crippen LogP contribution in [0.2, 0.25) is 0 Å². The second-order valence-electron chi connectivity index (χ2n) is 4.82. The smallest absolute Gasteiger partial charge is 0.0647 e. The van der Waals surface area contributed by atoms with Gasteiger partial charge in [0.1, 0.15) is 0 Å². The molecule has 16 heavy (non-hydrogen) atoms. The van der Waals surface area contributed by atoms with Crippen LogP contribution in [0.25, 0.3) is 0 Å². The zero-order valence-corrected chi connectivity index (χ0v) is 10.5. The molecule has 0 aliphatic carbocycles. The summed E-state index contributed by atoms with van der Waals surface area (Å²) >= 11 is 0. The summed E-state index contributed by atoms with van der Waals surface area (Å²) in [5.41, 5.74) is 9.52. The van der Waals surface area contributed by atoms with E-state index in [-0.39, 0.29) is 6.04 Å². The molecule has 0 bridgehead atoms. The fraction of sp³-hybridized carbons (Fsp3) is 0.750. The number of nitrogens with one attached hydrogen (secondary N) is 1. The highest BCUT2D eigenvalue weighted by Gasteiger charge is 2.21. The van der Waals surface area contributed by atoms with Crippen molar-refractivity contribution in [2.24, 2.45) is 5.73 Å². The van der Waals surface area contributed by atoms with E-state index >= 15 is 0 Å². The molecule has 2 atom stereocenters. The van der Waals surface area contributed by atoms with Crippen molar-refractivity contribution in [3.05, 3.63) is 17.0 Å². The standard InChI is InChI=1S/C12H22N4/c1-8(13)12-9(2)15-16(10(12)3)11-5-4-6-14-7-11/h8,11,14H,4-7,13H2,1-3H3. The SMILES string of the molecule is Cc1nn(C2CCCNC2)c(C)c1C(C)N. The van der Waals surface area contributed by atoms with Crippen LogP contribution >= 0.6 is 0 Å². The Kier molecular flexibility index (Phi) is 3.30. The summed E-state index contributed by atoms with van der Waals surface area (Å²) in [5, 5.41) is 8.08. The number of piperidine rings is 1. The van der Waals surface area contributed by atoms with Crippen LogP contribution in [0.1, 0.15) is 48.8 Å². The van der Waals surface area contributed by atoms with Gasteiger partial charge in [-0.25, -0.2) is 0 Å². The Balaban J connectivity index is 2.30. The molecular formula is C12H22N4. The molecule has 1 aromatic heterocycles. The van der Waals surface area contributed by atoms with Crippen LogP contribution in [0.3, 0.4) is 0 Å². The van der Waals surface area contributed by atoms with E-state index in [1.807, 2.05) is 6.92 Å². The molecule has 2 rings (SSSR count). The van der Waals surface area contributed by atoms with Crippen LogP contribution < -0.4 is 11.1 Å². The van der Waals surface area contributed by atoms with E-state index in [2.05, 4.69) is 28.9 Å². The summed E-state index contributed by atoms with van der Waals surface area (Å²) in [7, 11) is 0. The minimum Gasteiger partial charge on any atom is -0.324 e. The van der Waals surface area contributed by atoms with Gasteiger partial charge in [0.2, 0.25) is 0 Å². The summed E-state index contributed by atoms with van der Waals surface area (Å²) in [6, 6.07) is 0.574. The molecule has 4 heteroatoms. The highest BCUT2D eigenvalue weighted by molar-refractivity contribution is 5.27. The fourth-order valence-corrected chi connectivity index (χ4v) is 2.73. The third kappa shape index (κ3) is 1.99. The first-order valence-electron chi connectivity index (χ1n) is 6.13. The molecule has 0 saturated carbocycles. The van der Waals surface area contributed by atoms with E-state index in [0.29, 0.717) is 6.04 Å². The van der Waals surface area contributed by atoms with Gasteiger partial charge < -0.3 is 11.1 Å². The molecule has 2 unspecified atom stereocenters. The minimum absolute atomic E-state index is 0.0744. The van der Waals surface area contributed by atoms with Gasteiger partial charge >= 0.3 is 0 Å². The van der Waals surface area contributed by atoms with Gasteiger partial charge in [-0.05, 0) is 40.2 Å². The topological polar surface area (TPSA) is 55.9 Å². The van der Waals surface area contributed by atoms with Crippen molar-refractivity contribution in [2.75, 3.05) is 13.1 Å². The van der Waals surface area contributed by atoms with Crippen LogP contribution in [0.5, 0.6) is 0 Å². The fourth-order valence-electron chi connectivity index (χ4n) is 2.73. The van der Waals surface area contributed by atoms with Gasteiger partial charge in [0, 0.05) is 23.8 Å². The lowest BCUT2D eigenvalue weighted by Gasteiger charge is -2.24. The molecular weight excluding hydrogens is 200 g/mol. The molecule has 0 aromatic carbocycles. The minimum atomic E-state index is 0.0744. The maximum absolute atomic E-state index is 5.99. The molecule has 1 aliphatic rings. The second-order valence-corrected chi connectivity index (χ2v) is 4.82.